The smallest absolute Gasteiger partial charge is 0.0991 e. The van der Waals surface area contributed by atoms with Crippen molar-refractivity contribution in [3.8, 4) is 0 Å². The molecule has 0 heterocycles. The third-order valence-corrected chi connectivity index (χ3v) is 4.52. The van der Waals surface area contributed by atoms with Crippen molar-refractivity contribution in [3.05, 3.63) is 90.3 Å². The van der Waals surface area contributed by atoms with E-state index in [1.807, 2.05) is 30.4 Å². The Bertz CT molecular complexity index is 478. The average Bonchev–Trinajstić information content (AvgIpc) is 2.38. The van der Waals surface area contributed by atoms with Crippen molar-refractivity contribution in [1.29, 1.82) is 0 Å². The zero-order valence-electron chi connectivity index (χ0n) is 10.8. The van der Waals surface area contributed by atoms with Crippen LogP contribution in [0.15, 0.2) is 95.2 Å². The van der Waals surface area contributed by atoms with Crippen LogP contribution < -0.4 is 0 Å². The van der Waals surface area contributed by atoms with Crippen LogP contribution in [0.3, 0.4) is 0 Å². The molecular weight excluding hydrogens is 236 g/mol. The van der Waals surface area contributed by atoms with Crippen LogP contribution in [-0.4, -0.2) is 0 Å². The topological polar surface area (TPSA) is 0 Å². The maximum absolute atomic E-state index is 4.17. The fraction of sp³-hybridized carbons (Fsp3) is 0.0588. The standard InChI is InChI=1S/C17H19S/c1-5-7-12-16(4)18(15(3)11-6-2)17-13-9-8-10-14-17/h5-14H,1-2,4H2,3H3/q+1/b12-7-,15-11+. The monoisotopic (exact) mass is 255 g/mol. The van der Waals surface area contributed by atoms with E-state index in [4.69, 9.17) is 0 Å². The number of benzene rings is 1. The van der Waals surface area contributed by atoms with Gasteiger partial charge < -0.3 is 0 Å². The summed E-state index contributed by atoms with van der Waals surface area (Å²) in [5.41, 5.74) is 0. The molecule has 0 spiro atoms. The van der Waals surface area contributed by atoms with E-state index in [1.165, 1.54) is 9.80 Å². The number of hydrogen-bond donors (Lipinski definition) is 0. The minimum atomic E-state index is -0.118. The van der Waals surface area contributed by atoms with Crippen LogP contribution in [0.2, 0.25) is 0 Å². The van der Waals surface area contributed by atoms with E-state index in [-0.39, 0.29) is 10.9 Å². The summed E-state index contributed by atoms with van der Waals surface area (Å²) in [5.74, 6) is 0. The first-order valence-electron chi connectivity index (χ1n) is 5.77. The van der Waals surface area contributed by atoms with Gasteiger partial charge in [0.1, 0.15) is 4.91 Å². The molecule has 0 N–H and O–H groups in total. The Kier molecular flexibility index (Phi) is 6.03. The van der Waals surface area contributed by atoms with Crippen molar-refractivity contribution in [1.82, 2.24) is 0 Å². The Morgan fingerprint density at radius 2 is 1.78 bits per heavy atom. The zero-order valence-corrected chi connectivity index (χ0v) is 11.6. The summed E-state index contributed by atoms with van der Waals surface area (Å²) in [6.45, 7) is 13.7. The summed E-state index contributed by atoms with van der Waals surface area (Å²) in [4.78, 5) is 3.61. The lowest BCUT2D eigenvalue weighted by molar-refractivity contribution is 1.44. The molecule has 0 fully saturated rings. The van der Waals surface area contributed by atoms with Gasteiger partial charge in [-0.05, 0) is 30.9 Å². The van der Waals surface area contributed by atoms with Gasteiger partial charge in [0, 0.05) is 6.92 Å². The highest BCUT2D eigenvalue weighted by Crippen LogP contribution is 2.28. The average molecular weight is 255 g/mol. The van der Waals surface area contributed by atoms with E-state index in [0.717, 1.165) is 4.91 Å². The van der Waals surface area contributed by atoms with Gasteiger partial charge in [-0.1, -0.05) is 49.6 Å². The van der Waals surface area contributed by atoms with Gasteiger partial charge in [0.15, 0.2) is 9.80 Å². The minimum Gasteiger partial charge on any atom is -0.0991 e. The van der Waals surface area contributed by atoms with Crippen LogP contribution in [0.4, 0.5) is 0 Å². The maximum Gasteiger partial charge on any atom is 0.166 e. The fourth-order valence-electron chi connectivity index (χ4n) is 1.58. The summed E-state index contributed by atoms with van der Waals surface area (Å²) >= 11 is 0. The molecule has 0 amide bonds. The zero-order chi connectivity index (χ0) is 13.4. The van der Waals surface area contributed by atoms with Crippen molar-refractivity contribution in [3.63, 3.8) is 0 Å². The molecule has 1 atom stereocenters. The van der Waals surface area contributed by atoms with Crippen molar-refractivity contribution < 1.29 is 0 Å². The predicted octanol–water partition coefficient (Wildman–Crippen LogP) is 5.01. The predicted molar refractivity (Wildman–Crippen MR) is 84.5 cm³/mol. The van der Waals surface area contributed by atoms with Gasteiger partial charge in [0.05, 0.1) is 10.9 Å². The molecule has 0 saturated heterocycles. The molecule has 0 saturated carbocycles. The molecule has 1 aromatic rings. The Balaban J connectivity index is 3.14. The van der Waals surface area contributed by atoms with E-state index in [2.05, 4.69) is 50.9 Å². The van der Waals surface area contributed by atoms with E-state index < -0.39 is 0 Å². The molecule has 0 aliphatic carbocycles. The van der Waals surface area contributed by atoms with E-state index >= 15 is 0 Å². The van der Waals surface area contributed by atoms with Crippen LogP contribution in [-0.2, 0) is 10.9 Å². The quantitative estimate of drug-likeness (QED) is 0.495. The molecule has 0 aliphatic heterocycles. The lowest BCUT2D eigenvalue weighted by Crippen LogP contribution is -2.05. The summed E-state index contributed by atoms with van der Waals surface area (Å²) < 4.78 is 0. The largest absolute Gasteiger partial charge is 0.166 e. The van der Waals surface area contributed by atoms with Crippen LogP contribution >= 0.6 is 0 Å². The summed E-state index contributed by atoms with van der Waals surface area (Å²) in [6, 6.07) is 10.4. The second kappa shape index (κ2) is 7.57. The fourth-order valence-corrected chi connectivity index (χ4v) is 3.54. The minimum absolute atomic E-state index is 0.118. The highest BCUT2D eigenvalue weighted by atomic mass is 32.2. The number of rotatable bonds is 6. The van der Waals surface area contributed by atoms with Gasteiger partial charge >= 0.3 is 0 Å². The number of allylic oxidation sites excluding steroid dienone is 6. The van der Waals surface area contributed by atoms with Gasteiger partial charge in [0.25, 0.3) is 0 Å². The highest BCUT2D eigenvalue weighted by molar-refractivity contribution is 8.04. The second-order valence-electron chi connectivity index (χ2n) is 3.69. The SMILES string of the molecule is C=C/C=C\C(=C)[S+](/C(C)=C/C=C)c1ccccc1. The summed E-state index contributed by atoms with van der Waals surface area (Å²) in [5, 5.41) is 0. The van der Waals surface area contributed by atoms with Gasteiger partial charge in [-0.25, -0.2) is 0 Å². The first-order valence-corrected chi connectivity index (χ1v) is 7.00. The lowest BCUT2D eigenvalue weighted by atomic mass is 10.4. The highest BCUT2D eigenvalue weighted by Gasteiger charge is 2.27. The van der Waals surface area contributed by atoms with Gasteiger partial charge in [-0.15, -0.1) is 0 Å². The molecule has 1 unspecified atom stereocenters. The Labute approximate surface area is 113 Å². The maximum atomic E-state index is 4.17. The molecule has 0 nitrogen and oxygen atoms in total. The molecule has 0 bridgehead atoms. The second-order valence-corrected chi connectivity index (χ2v) is 5.95. The van der Waals surface area contributed by atoms with Crippen molar-refractivity contribution in [2.24, 2.45) is 0 Å². The van der Waals surface area contributed by atoms with Gasteiger partial charge in [-0.2, -0.15) is 0 Å². The number of hydrogen-bond acceptors (Lipinski definition) is 0. The Morgan fingerprint density at radius 1 is 1.11 bits per heavy atom. The van der Waals surface area contributed by atoms with Crippen LogP contribution in [0.1, 0.15) is 6.92 Å². The van der Waals surface area contributed by atoms with Crippen molar-refractivity contribution >= 4 is 10.9 Å². The molecule has 0 aliphatic rings. The van der Waals surface area contributed by atoms with Crippen LogP contribution in [0.5, 0.6) is 0 Å². The lowest BCUT2D eigenvalue weighted by Gasteiger charge is -2.07. The van der Waals surface area contributed by atoms with Gasteiger partial charge in [-0.3, -0.25) is 0 Å². The van der Waals surface area contributed by atoms with Crippen molar-refractivity contribution in [2.45, 2.75) is 11.8 Å². The molecule has 1 heteroatoms. The first-order chi connectivity index (χ1) is 8.70. The molecule has 1 aromatic carbocycles. The third-order valence-electron chi connectivity index (χ3n) is 2.33. The Morgan fingerprint density at radius 3 is 2.33 bits per heavy atom. The summed E-state index contributed by atoms with van der Waals surface area (Å²) in [7, 11) is -0.118. The molecule has 18 heavy (non-hydrogen) atoms. The van der Waals surface area contributed by atoms with Crippen LogP contribution in [0.25, 0.3) is 0 Å². The van der Waals surface area contributed by atoms with Gasteiger partial charge in [0.2, 0.25) is 0 Å². The third kappa shape index (κ3) is 3.94. The molecule has 0 aromatic heterocycles. The molecule has 0 radical (unpaired) electrons. The van der Waals surface area contributed by atoms with E-state index in [1.54, 1.807) is 6.08 Å². The summed E-state index contributed by atoms with van der Waals surface area (Å²) in [6.07, 6.45) is 9.58. The van der Waals surface area contributed by atoms with Crippen molar-refractivity contribution in [2.75, 3.05) is 0 Å². The normalized spacial score (nSPS) is 13.3. The van der Waals surface area contributed by atoms with E-state index in [0.29, 0.717) is 0 Å². The molecule has 1 rings (SSSR count). The molecule has 92 valence electrons. The van der Waals surface area contributed by atoms with E-state index in [9.17, 15) is 0 Å². The van der Waals surface area contributed by atoms with Crippen LogP contribution in [0, 0.1) is 0 Å². The Hall–Kier alpha value is -1.73. The first kappa shape index (κ1) is 14.3. The molecular formula is C17H19S+.